The summed E-state index contributed by atoms with van der Waals surface area (Å²) in [6.45, 7) is -0.225. The van der Waals surface area contributed by atoms with Gasteiger partial charge in [-0.15, -0.1) is 0 Å². The maximum atomic E-state index is 13.1. The van der Waals surface area contributed by atoms with Crippen LogP contribution in [0.5, 0.6) is 11.6 Å². The number of halogens is 2. The first-order valence-electron chi connectivity index (χ1n) is 4.73. The van der Waals surface area contributed by atoms with Crippen molar-refractivity contribution >= 4 is 15.9 Å². The molecule has 0 fully saturated rings. The molecule has 2 aromatic rings. The maximum absolute atomic E-state index is 13.1. The Kier molecular flexibility index (Phi) is 3.65. The molecule has 4 nitrogen and oxygen atoms in total. The minimum absolute atomic E-state index is 0.203. The molecule has 0 aliphatic heterocycles. The summed E-state index contributed by atoms with van der Waals surface area (Å²) in [6.07, 6.45) is 2.81. The van der Waals surface area contributed by atoms with E-state index in [1.807, 2.05) is 0 Å². The number of aliphatic hydroxyl groups excluding tert-OH is 1. The number of rotatable bonds is 3. The lowest BCUT2D eigenvalue weighted by molar-refractivity contribution is 0.274. The van der Waals surface area contributed by atoms with Crippen molar-refractivity contribution in [1.82, 2.24) is 9.97 Å². The van der Waals surface area contributed by atoms with E-state index in [1.54, 1.807) is 6.07 Å². The van der Waals surface area contributed by atoms with Crippen LogP contribution in [0.4, 0.5) is 4.39 Å². The second-order valence-electron chi connectivity index (χ2n) is 3.21. The van der Waals surface area contributed by atoms with Crippen LogP contribution in [0.15, 0.2) is 35.1 Å². The zero-order valence-corrected chi connectivity index (χ0v) is 10.2. The standard InChI is InChI=1S/C11H8BrFN2O2/c12-7-1-8(13)3-10(2-7)17-11-5-14-4-9(6-16)15-11/h1-5,16H,6H2. The van der Waals surface area contributed by atoms with Gasteiger partial charge in [0.05, 0.1) is 24.7 Å². The third-order valence-corrected chi connectivity index (χ3v) is 2.34. The molecular weight excluding hydrogens is 291 g/mol. The van der Waals surface area contributed by atoms with E-state index in [2.05, 4.69) is 25.9 Å². The molecule has 0 saturated heterocycles. The van der Waals surface area contributed by atoms with Gasteiger partial charge in [-0.25, -0.2) is 9.37 Å². The van der Waals surface area contributed by atoms with Crippen LogP contribution in [-0.4, -0.2) is 15.1 Å². The van der Waals surface area contributed by atoms with Gasteiger partial charge in [0.2, 0.25) is 5.88 Å². The van der Waals surface area contributed by atoms with Crippen molar-refractivity contribution in [1.29, 1.82) is 0 Å². The van der Waals surface area contributed by atoms with Gasteiger partial charge in [-0.1, -0.05) is 15.9 Å². The highest BCUT2D eigenvalue weighted by atomic mass is 79.9. The van der Waals surface area contributed by atoms with Crippen LogP contribution in [0.3, 0.4) is 0 Å². The Morgan fingerprint density at radius 2 is 2.12 bits per heavy atom. The van der Waals surface area contributed by atoms with Crippen LogP contribution in [-0.2, 0) is 6.61 Å². The van der Waals surface area contributed by atoms with E-state index in [9.17, 15) is 4.39 Å². The van der Waals surface area contributed by atoms with Crippen molar-refractivity contribution in [3.05, 3.63) is 46.6 Å². The van der Waals surface area contributed by atoms with Gasteiger partial charge in [0.1, 0.15) is 11.6 Å². The summed E-state index contributed by atoms with van der Waals surface area (Å²) in [7, 11) is 0. The van der Waals surface area contributed by atoms with Gasteiger partial charge in [0.15, 0.2) is 0 Å². The molecule has 0 unspecified atom stereocenters. The molecule has 88 valence electrons. The Morgan fingerprint density at radius 1 is 1.29 bits per heavy atom. The van der Waals surface area contributed by atoms with E-state index >= 15 is 0 Å². The lowest BCUT2D eigenvalue weighted by Crippen LogP contribution is -1.95. The van der Waals surface area contributed by atoms with Crippen LogP contribution in [0, 0.1) is 5.82 Å². The molecule has 1 N–H and O–H groups in total. The van der Waals surface area contributed by atoms with Crippen molar-refractivity contribution in [3.63, 3.8) is 0 Å². The minimum atomic E-state index is -0.416. The highest BCUT2D eigenvalue weighted by Gasteiger charge is 2.04. The Bertz CT molecular complexity index is 516. The molecule has 1 heterocycles. The number of aliphatic hydroxyl groups is 1. The van der Waals surface area contributed by atoms with Crippen LogP contribution >= 0.6 is 15.9 Å². The quantitative estimate of drug-likeness (QED) is 0.946. The van der Waals surface area contributed by atoms with Crippen LogP contribution in [0.2, 0.25) is 0 Å². The van der Waals surface area contributed by atoms with Gasteiger partial charge in [0.25, 0.3) is 0 Å². The zero-order chi connectivity index (χ0) is 12.3. The molecular formula is C11H8BrFN2O2. The minimum Gasteiger partial charge on any atom is -0.437 e. The van der Waals surface area contributed by atoms with Crippen molar-refractivity contribution in [2.24, 2.45) is 0 Å². The zero-order valence-electron chi connectivity index (χ0n) is 8.60. The van der Waals surface area contributed by atoms with Crippen molar-refractivity contribution in [2.45, 2.75) is 6.61 Å². The number of nitrogens with zero attached hydrogens (tertiary/aromatic N) is 2. The Balaban J connectivity index is 2.24. The third kappa shape index (κ3) is 3.21. The molecule has 0 radical (unpaired) electrons. The van der Waals surface area contributed by atoms with Gasteiger partial charge < -0.3 is 9.84 Å². The first-order chi connectivity index (χ1) is 8.17. The fourth-order valence-electron chi connectivity index (χ4n) is 1.22. The van der Waals surface area contributed by atoms with Gasteiger partial charge >= 0.3 is 0 Å². The Hall–Kier alpha value is -1.53. The second-order valence-corrected chi connectivity index (χ2v) is 4.13. The smallest absolute Gasteiger partial charge is 0.238 e. The highest BCUT2D eigenvalue weighted by Crippen LogP contribution is 2.24. The van der Waals surface area contributed by atoms with Gasteiger partial charge in [-0.2, -0.15) is 0 Å². The molecule has 1 aromatic carbocycles. The summed E-state index contributed by atoms with van der Waals surface area (Å²) in [6, 6.07) is 4.16. The largest absolute Gasteiger partial charge is 0.437 e. The van der Waals surface area contributed by atoms with Gasteiger partial charge in [-0.05, 0) is 12.1 Å². The van der Waals surface area contributed by atoms with Crippen molar-refractivity contribution in [3.8, 4) is 11.6 Å². The molecule has 0 saturated carbocycles. The molecule has 17 heavy (non-hydrogen) atoms. The van der Waals surface area contributed by atoms with E-state index in [4.69, 9.17) is 9.84 Å². The molecule has 0 aliphatic rings. The summed E-state index contributed by atoms with van der Waals surface area (Å²) in [5, 5.41) is 8.89. The summed E-state index contributed by atoms with van der Waals surface area (Å²) in [5.41, 5.74) is 0.387. The predicted octanol–water partition coefficient (Wildman–Crippen LogP) is 2.66. The molecule has 0 bridgehead atoms. The lowest BCUT2D eigenvalue weighted by Gasteiger charge is -2.05. The van der Waals surface area contributed by atoms with Gasteiger partial charge in [-0.3, -0.25) is 4.98 Å². The predicted molar refractivity (Wildman–Crippen MR) is 62.1 cm³/mol. The van der Waals surface area contributed by atoms with E-state index in [0.717, 1.165) is 0 Å². The number of ether oxygens (including phenoxy) is 1. The highest BCUT2D eigenvalue weighted by molar-refractivity contribution is 9.10. The average molecular weight is 299 g/mol. The third-order valence-electron chi connectivity index (χ3n) is 1.88. The summed E-state index contributed by atoms with van der Waals surface area (Å²) >= 11 is 3.16. The topological polar surface area (TPSA) is 55.2 Å². The molecule has 0 amide bonds. The fourth-order valence-corrected chi connectivity index (χ4v) is 1.66. The number of hydrogen-bond donors (Lipinski definition) is 1. The van der Waals surface area contributed by atoms with E-state index in [-0.39, 0.29) is 12.5 Å². The molecule has 0 aliphatic carbocycles. The van der Waals surface area contributed by atoms with Crippen LogP contribution in [0.1, 0.15) is 5.69 Å². The molecule has 2 rings (SSSR count). The monoisotopic (exact) mass is 298 g/mol. The SMILES string of the molecule is OCc1cncc(Oc2cc(F)cc(Br)c2)n1. The summed E-state index contributed by atoms with van der Waals surface area (Å²) in [4.78, 5) is 7.82. The average Bonchev–Trinajstić information content (AvgIpc) is 2.28. The lowest BCUT2D eigenvalue weighted by atomic mass is 10.3. The first-order valence-corrected chi connectivity index (χ1v) is 5.52. The number of aromatic nitrogens is 2. The number of benzene rings is 1. The van der Waals surface area contributed by atoms with E-state index in [1.165, 1.54) is 24.5 Å². The second kappa shape index (κ2) is 5.20. The van der Waals surface area contributed by atoms with E-state index < -0.39 is 5.82 Å². The normalized spacial score (nSPS) is 10.3. The first kappa shape index (κ1) is 11.9. The summed E-state index contributed by atoms with van der Waals surface area (Å²) in [5.74, 6) is 0.0935. The maximum Gasteiger partial charge on any atom is 0.238 e. The van der Waals surface area contributed by atoms with Crippen LogP contribution in [0.25, 0.3) is 0 Å². The number of hydrogen-bond acceptors (Lipinski definition) is 4. The summed E-state index contributed by atoms with van der Waals surface area (Å²) < 4.78 is 19.0. The molecule has 1 aromatic heterocycles. The van der Waals surface area contributed by atoms with Crippen molar-refractivity contribution < 1.29 is 14.2 Å². The van der Waals surface area contributed by atoms with Crippen LogP contribution < -0.4 is 4.74 Å². The van der Waals surface area contributed by atoms with Crippen molar-refractivity contribution in [2.75, 3.05) is 0 Å². The Labute approximate surface area is 105 Å². The fraction of sp³-hybridized carbons (Fsp3) is 0.0909. The van der Waals surface area contributed by atoms with Gasteiger partial charge in [0, 0.05) is 10.5 Å². The van der Waals surface area contributed by atoms with E-state index in [0.29, 0.717) is 15.9 Å². The molecule has 0 spiro atoms. The Morgan fingerprint density at radius 3 is 2.82 bits per heavy atom. The molecule has 6 heteroatoms. The molecule has 0 atom stereocenters.